The number of aliphatic hydroxyl groups excluding tert-OH is 4. The van der Waals surface area contributed by atoms with E-state index in [1.165, 1.54) is 6.92 Å². The minimum Gasteiger partial charge on any atom is -0.479 e. The third kappa shape index (κ3) is 2.99. The summed E-state index contributed by atoms with van der Waals surface area (Å²) in [4.78, 5) is 22.1. The molecule has 0 saturated carbocycles. The fraction of sp³-hybridized carbons (Fsp3) is 0.778. The summed E-state index contributed by atoms with van der Waals surface area (Å²) in [6, 6.07) is 0. The maximum Gasteiger partial charge on any atom is 0.346 e. The Kier molecular flexibility index (Phi) is 5.66. The highest BCUT2D eigenvalue weighted by atomic mass is 16.4. The SMILES string of the molecule is CCC(=O)[C@@](O)(C(=O)O)[C@@H](O)[C@@H](O)[C@H](O)CO. The molecule has 0 radical (unpaired) electrons. The van der Waals surface area contributed by atoms with E-state index >= 15 is 0 Å². The van der Waals surface area contributed by atoms with Gasteiger partial charge in [-0.25, -0.2) is 4.79 Å². The van der Waals surface area contributed by atoms with E-state index in [0.717, 1.165) is 0 Å². The largest absolute Gasteiger partial charge is 0.479 e. The lowest BCUT2D eigenvalue weighted by atomic mass is 9.85. The fourth-order valence-corrected chi connectivity index (χ4v) is 1.25. The summed E-state index contributed by atoms with van der Waals surface area (Å²) in [5.41, 5.74) is -3.22. The zero-order chi connectivity index (χ0) is 13.8. The number of ketones is 1. The van der Waals surface area contributed by atoms with Crippen LogP contribution in [0, 0.1) is 0 Å². The van der Waals surface area contributed by atoms with Gasteiger partial charge in [-0.1, -0.05) is 6.92 Å². The first-order valence-corrected chi connectivity index (χ1v) is 4.87. The Morgan fingerprint density at radius 2 is 1.71 bits per heavy atom. The number of aliphatic carboxylic acids is 1. The zero-order valence-electron chi connectivity index (χ0n) is 9.15. The molecule has 17 heavy (non-hydrogen) atoms. The van der Waals surface area contributed by atoms with Crippen molar-refractivity contribution >= 4 is 11.8 Å². The van der Waals surface area contributed by atoms with Gasteiger partial charge in [-0.2, -0.15) is 0 Å². The third-order valence-electron chi connectivity index (χ3n) is 2.41. The van der Waals surface area contributed by atoms with Crippen LogP contribution in [0.2, 0.25) is 0 Å². The molecule has 0 saturated heterocycles. The maximum atomic E-state index is 11.3. The van der Waals surface area contributed by atoms with Crippen LogP contribution < -0.4 is 0 Å². The van der Waals surface area contributed by atoms with Gasteiger partial charge in [0.1, 0.15) is 18.3 Å². The van der Waals surface area contributed by atoms with Gasteiger partial charge in [0, 0.05) is 6.42 Å². The Hall–Kier alpha value is -1.06. The Labute approximate surface area is 96.7 Å². The second-order valence-corrected chi connectivity index (χ2v) is 3.53. The Bertz CT molecular complexity index is 291. The minimum absolute atomic E-state index is 0.387. The smallest absolute Gasteiger partial charge is 0.346 e. The molecule has 0 aromatic carbocycles. The van der Waals surface area contributed by atoms with E-state index in [2.05, 4.69) is 0 Å². The number of aliphatic hydroxyl groups is 5. The van der Waals surface area contributed by atoms with Crippen molar-refractivity contribution < 1.29 is 40.2 Å². The summed E-state index contributed by atoms with van der Waals surface area (Å²) in [5.74, 6) is -3.26. The second-order valence-electron chi connectivity index (χ2n) is 3.53. The standard InChI is InChI=1S/C9H16O8/c1-2-5(12)9(17,8(15)16)7(14)6(13)4(11)3-10/h4,6-7,10-11,13-14,17H,2-3H2,1H3,(H,15,16)/t4-,6+,7+,9+/m1/s1. The van der Waals surface area contributed by atoms with Crippen LogP contribution in [-0.4, -0.2) is 72.9 Å². The van der Waals surface area contributed by atoms with Gasteiger partial charge in [-0.3, -0.25) is 4.79 Å². The molecule has 100 valence electrons. The number of Topliss-reactive ketones (excluding diaryl/α,β-unsaturated/α-hetero) is 1. The number of hydrogen-bond donors (Lipinski definition) is 6. The first-order chi connectivity index (χ1) is 7.73. The summed E-state index contributed by atoms with van der Waals surface area (Å²) in [6.07, 6.45) is -6.88. The zero-order valence-corrected chi connectivity index (χ0v) is 9.15. The molecule has 0 bridgehead atoms. The van der Waals surface area contributed by atoms with Crippen molar-refractivity contribution in [2.45, 2.75) is 37.3 Å². The van der Waals surface area contributed by atoms with Crippen molar-refractivity contribution in [2.75, 3.05) is 6.61 Å². The molecule has 0 aromatic heterocycles. The molecule has 0 spiro atoms. The van der Waals surface area contributed by atoms with Gasteiger partial charge in [0.05, 0.1) is 6.61 Å². The molecule has 0 aromatic rings. The van der Waals surface area contributed by atoms with E-state index in [1.807, 2.05) is 0 Å². The first-order valence-electron chi connectivity index (χ1n) is 4.87. The van der Waals surface area contributed by atoms with Crippen LogP contribution in [0.15, 0.2) is 0 Å². The number of carboxylic acid groups (broad SMARTS) is 1. The first kappa shape index (κ1) is 15.9. The van der Waals surface area contributed by atoms with Gasteiger partial charge < -0.3 is 30.6 Å². The lowest BCUT2D eigenvalue weighted by Gasteiger charge is -2.31. The molecule has 0 fully saturated rings. The molecule has 6 N–H and O–H groups in total. The predicted molar refractivity (Wildman–Crippen MR) is 53.0 cm³/mol. The molecule has 0 aliphatic rings. The van der Waals surface area contributed by atoms with Crippen LogP contribution in [0.1, 0.15) is 13.3 Å². The lowest BCUT2D eigenvalue weighted by Crippen LogP contribution is -2.62. The summed E-state index contributed by atoms with van der Waals surface area (Å²) in [6.45, 7) is 0.298. The Balaban J connectivity index is 5.21. The second kappa shape index (κ2) is 6.03. The van der Waals surface area contributed by atoms with Gasteiger partial charge in [-0.05, 0) is 0 Å². The molecule has 0 unspecified atom stereocenters. The molecule has 0 aliphatic heterocycles. The summed E-state index contributed by atoms with van der Waals surface area (Å²) in [5, 5.41) is 54.6. The maximum absolute atomic E-state index is 11.3. The number of carboxylic acids is 1. The third-order valence-corrected chi connectivity index (χ3v) is 2.41. The van der Waals surface area contributed by atoms with Crippen molar-refractivity contribution in [2.24, 2.45) is 0 Å². The van der Waals surface area contributed by atoms with Crippen LogP contribution >= 0.6 is 0 Å². The summed E-state index contributed by atoms with van der Waals surface area (Å²) < 4.78 is 0. The van der Waals surface area contributed by atoms with Gasteiger partial charge in [0.15, 0.2) is 5.78 Å². The highest BCUT2D eigenvalue weighted by Crippen LogP contribution is 2.19. The highest BCUT2D eigenvalue weighted by molar-refractivity contribution is 6.06. The summed E-state index contributed by atoms with van der Waals surface area (Å²) in [7, 11) is 0. The number of carbonyl (C=O) groups is 2. The molecule has 0 aliphatic carbocycles. The molecular formula is C9H16O8. The molecule has 0 rings (SSSR count). The average molecular weight is 252 g/mol. The molecule has 0 amide bonds. The summed E-state index contributed by atoms with van der Waals surface area (Å²) >= 11 is 0. The predicted octanol–water partition coefficient (Wildman–Crippen LogP) is -3.14. The Morgan fingerprint density at radius 1 is 1.24 bits per heavy atom. The van der Waals surface area contributed by atoms with Crippen molar-refractivity contribution in [3.63, 3.8) is 0 Å². The molecule has 8 nitrogen and oxygen atoms in total. The molecule has 4 atom stereocenters. The van der Waals surface area contributed by atoms with E-state index in [1.54, 1.807) is 0 Å². The van der Waals surface area contributed by atoms with E-state index in [0.29, 0.717) is 0 Å². The molecule has 0 heterocycles. The van der Waals surface area contributed by atoms with E-state index in [4.69, 9.17) is 15.3 Å². The quantitative estimate of drug-likeness (QED) is 0.259. The number of rotatable bonds is 7. The topological polar surface area (TPSA) is 156 Å². The van der Waals surface area contributed by atoms with E-state index in [-0.39, 0.29) is 6.42 Å². The van der Waals surface area contributed by atoms with Crippen molar-refractivity contribution in [1.29, 1.82) is 0 Å². The Morgan fingerprint density at radius 3 is 2.00 bits per heavy atom. The van der Waals surface area contributed by atoms with Crippen LogP contribution in [0.5, 0.6) is 0 Å². The number of hydrogen-bond acceptors (Lipinski definition) is 7. The van der Waals surface area contributed by atoms with Crippen molar-refractivity contribution in [1.82, 2.24) is 0 Å². The van der Waals surface area contributed by atoms with Gasteiger partial charge in [-0.15, -0.1) is 0 Å². The van der Waals surface area contributed by atoms with Crippen molar-refractivity contribution in [3.05, 3.63) is 0 Å². The normalized spacial score (nSPS) is 20.1. The van der Waals surface area contributed by atoms with Gasteiger partial charge in [0.2, 0.25) is 5.60 Å². The number of carbonyl (C=O) groups excluding carboxylic acids is 1. The monoisotopic (exact) mass is 252 g/mol. The van der Waals surface area contributed by atoms with Gasteiger partial charge in [0.25, 0.3) is 0 Å². The van der Waals surface area contributed by atoms with Crippen molar-refractivity contribution in [3.8, 4) is 0 Å². The highest BCUT2D eigenvalue weighted by Gasteiger charge is 2.53. The molecule has 8 heteroatoms. The minimum atomic E-state index is -3.22. The van der Waals surface area contributed by atoms with Gasteiger partial charge >= 0.3 is 5.97 Å². The van der Waals surface area contributed by atoms with E-state index < -0.39 is 42.3 Å². The van der Waals surface area contributed by atoms with Crippen LogP contribution in [0.25, 0.3) is 0 Å². The molecular weight excluding hydrogens is 236 g/mol. The van der Waals surface area contributed by atoms with Crippen LogP contribution in [-0.2, 0) is 9.59 Å². The van der Waals surface area contributed by atoms with E-state index in [9.17, 15) is 24.9 Å². The van der Waals surface area contributed by atoms with Crippen LogP contribution in [0.3, 0.4) is 0 Å². The lowest BCUT2D eigenvalue weighted by molar-refractivity contribution is -0.193. The average Bonchev–Trinajstić information content (AvgIpc) is 2.33. The van der Waals surface area contributed by atoms with Crippen LogP contribution in [0.4, 0.5) is 0 Å². The fourth-order valence-electron chi connectivity index (χ4n) is 1.25.